The van der Waals surface area contributed by atoms with Crippen LogP contribution in [-0.4, -0.2) is 22.1 Å². The lowest BCUT2D eigenvalue weighted by molar-refractivity contribution is -0.124. The van der Waals surface area contributed by atoms with Gasteiger partial charge in [-0.1, -0.05) is 37.3 Å². The van der Waals surface area contributed by atoms with Crippen LogP contribution < -0.4 is 0 Å². The number of benzene rings is 1. The number of nitrogens with zero attached hydrogens (tertiary/aromatic N) is 1. The summed E-state index contributed by atoms with van der Waals surface area (Å²) in [5, 5.41) is -0.217. The van der Waals surface area contributed by atoms with Gasteiger partial charge >= 0.3 is 0 Å². The molecule has 0 saturated carbocycles. The van der Waals surface area contributed by atoms with E-state index in [9.17, 15) is 9.59 Å². The van der Waals surface area contributed by atoms with Gasteiger partial charge in [0.15, 0.2) is 0 Å². The van der Waals surface area contributed by atoms with E-state index < -0.39 is 0 Å². The summed E-state index contributed by atoms with van der Waals surface area (Å²) in [5.74, 6) is 1.06. The van der Waals surface area contributed by atoms with Crippen LogP contribution in [0.15, 0.2) is 51.8 Å². The molecular weight excluding hydrogens is 310 g/mol. The Morgan fingerprint density at radius 1 is 1.17 bits per heavy atom. The molecule has 0 N–H and O–H groups in total. The van der Waals surface area contributed by atoms with Crippen LogP contribution in [0, 0.1) is 0 Å². The summed E-state index contributed by atoms with van der Waals surface area (Å²) in [4.78, 5) is 26.1. The Kier molecular flexibility index (Phi) is 4.39. The van der Waals surface area contributed by atoms with E-state index in [0.29, 0.717) is 10.7 Å². The van der Waals surface area contributed by atoms with Gasteiger partial charge in [0.25, 0.3) is 11.1 Å². The summed E-state index contributed by atoms with van der Waals surface area (Å²) >= 11 is 0.964. The predicted molar refractivity (Wildman–Crippen MR) is 91.7 cm³/mol. The van der Waals surface area contributed by atoms with Crippen LogP contribution in [0.4, 0.5) is 4.79 Å². The maximum Gasteiger partial charge on any atom is 0.293 e. The van der Waals surface area contributed by atoms with E-state index in [1.807, 2.05) is 50.2 Å². The zero-order valence-corrected chi connectivity index (χ0v) is 13.8. The van der Waals surface area contributed by atoms with Gasteiger partial charge < -0.3 is 4.42 Å². The van der Waals surface area contributed by atoms with E-state index >= 15 is 0 Å². The Bertz CT molecular complexity index is 764. The van der Waals surface area contributed by atoms with Crippen LogP contribution in [0.3, 0.4) is 0 Å². The Morgan fingerprint density at radius 2 is 1.91 bits per heavy atom. The van der Waals surface area contributed by atoms with Gasteiger partial charge in [0, 0.05) is 17.7 Å². The third-order valence-electron chi connectivity index (χ3n) is 3.81. The fourth-order valence-corrected chi connectivity index (χ4v) is 3.27. The highest BCUT2D eigenvalue weighted by Gasteiger charge is 2.37. The fourth-order valence-electron chi connectivity index (χ4n) is 2.36. The van der Waals surface area contributed by atoms with Crippen molar-refractivity contribution in [3.63, 3.8) is 0 Å². The topological polar surface area (TPSA) is 50.5 Å². The second-order valence-electron chi connectivity index (χ2n) is 5.38. The number of hydrogen-bond acceptors (Lipinski definition) is 4. The van der Waals surface area contributed by atoms with Crippen molar-refractivity contribution in [2.75, 3.05) is 0 Å². The Hall–Kier alpha value is -2.27. The van der Waals surface area contributed by atoms with Crippen molar-refractivity contribution in [1.82, 2.24) is 4.90 Å². The fraction of sp³-hybridized carbons (Fsp3) is 0.222. The first-order valence-electron chi connectivity index (χ1n) is 7.52. The van der Waals surface area contributed by atoms with E-state index in [0.717, 1.165) is 29.5 Å². The molecule has 1 saturated heterocycles. The number of carbonyl (C=O) groups is 2. The molecule has 1 atom stereocenters. The van der Waals surface area contributed by atoms with E-state index in [1.54, 1.807) is 12.1 Å². The van der Waals surface area contributed by atoms with Gasteiger partial charge in [-0.2, -0.15) is 0 Å². The molecule has 2 amide bonds. The van der Waals surface area contributed by atoms with Gasteiger partial charge in [0.1, 0.15) is 11.5 Å². The van der Waals surface area contributed by atoms with Gasteiger partial charge in [-0.3, -0.25) is 14.5 Å². The van der Waals surface area contributed by atoms with Crippen molar-refractivity contribution in [1.29, 1.82) is 0 Å². The number of rotatable bonds is 4. The molecule has 1 aliphatic rings. The average molecular weight is 327 g/mol. The smallest absolute Gasteiger partial charge is 0.293 e. The number of carbonyl (C=O) groups excluding carboxylic acids is 2. The second-order valence-corrected chi connectivity index (χ2v) is 6.37. The van der Waals surface area contributed by atoms with Crippen LogP contribution in [0.5, 0.6) is 0 Å². The molecule has 0 unspecified atom stereocenters. The van der Waals surface area contributed by atoms with Crippen molar-refractivity contribution < 1.29 is 14.0 Å². The Labute approximate surface area is 139 Å². The lowest BCUT2D eigenvalue weighted by atomic mass is 10.2. The number of hydrogen-bond donors (Lipinski definition) is 0. The Morgan fingerprint density at radius 3 is 2.61 bits per heavy atom. The van der Waals surface area contributed by atoms with Crippen molar-refractivity contribution >= 4 is 29.0 Å². The SMILES string of the molecule is CC[C@@H](C)N1C(=O)S/C(=C/c2ccc(-c3ccccc3)o2)C1=O. The summed E-state index contributed by atoms with van der Waals surface area (Å²) in [6.07, 6.45) is 2.38. The zero-order valence-electron chi connectivity index (χ0n) is 13.0. The molecule has 118 valence electrons. The van der Waals surface area contributed by atoms with Gasteiger partial charge in [-0.15, -0.1) is 0 Å². The molecule has 0 spiro atoms. The molecule has 0 bridgehead atoms. The van der Waals surface area contributed by atoms with Crippen molar-refractivity contribution in [3.05, 3.63) is 53.1 Å². The minimum absolute atomic E-state index is 0.0927. The molecule has 3 rings (SSSR count). The molecule has 1 aliphatic heterocycles. The molecule has 1 aromatic heterocycles. The molecule has 4 nitrogen and oxygen atoms in total. The molecule has 0 radical (unpaired) electrons. The molecule has 0 aliphatic carbocycles. The van der Waals surface area contributed by atoms with E-state index in [2.05, 4.69) is 0 Å². The van der Waals surface area contributed by atoms with E-state index in [-0.39, 0.29) is 17.2 Å². The normalized spacial score (nSPS) is 18.0. The minimum atomic E-state index is -0.244. The monoisotopic (exact) mass is 327 g/mol. The lowest BCUT2D eigenvalue weighted by Crippen LogP contribution is -2.36. The lowest BCUT2D eigenvalue weighted by Gasteiger charge is -2.19. The maximum absolute atomic E-state index is 12.4. The number of amides is 2. The number of furan rings is 1. The van der Waals surface area contributed by atoms with Gasteiger partial charge in [-0.05, 0) is 37.2 Å². The van der Waals surface area contributed by atoms with Gasteiger partial charge in [-0.25, -0.2) is 0 Å². The van der Waals surface area contributed by atoms with Gasteiger partial charge in [0.2, 0.25) is 0 Å². The molecular formula is C18H17NO3S. The van der Waals surface area contributed by atoms with Crippen molar-refractivity contribution in [3.8, 4) is 11.3 Å². The third-order valence-corrected chi connectivity index (χ3v) is 4.70. The highest BCUT2D eigenvalue weighted by atomic mass is 32.2. The summed E-state index contributed by atoms with van der Waals surface area (Å²) in [6.45, 7) is 3.83. The summed E-state index contributed by atoms with van der Waals surface area (Å²) < 4.78 is 5.77. The first kappa shape index (κ1) is 15.6. The summed E-state index contributed by atoms with van der Waals surface area (Å²) in [7, 11) is 0. The first-order chi connectivity index (χ1) is 11.1. The van der Waals surface area contributed by atoms with Crippen molar-refractivity contribution in [2.45, 2.75) is 26.3 Å². The number of imide groups is 1. The van der Waals surface area contributed by atoms with E-state index in [4.69, 9.17) is 4.42 Å². The average Bonchev–Trinajstić information content (AvgIpc) is 3.13. The maximum atomic E-state index is 12.4. The standard InChI is InChI=1S/C18H17NO3S/c1-3-12(2)19-17(20)16(23-18(19)21)11-14-9-10-15(22-14)13-7-5-4-6-8-13/h4-12H,3H2,1-2H3/b16-11+/t12-/m1/s1. The second kappa shape index (κ2) is 6.46. The van der Waals surface area contributed by atoms with E-state index in [1.165, 1.54) is 4.90 Å². The van der Waals surface area contributed by atoms with Crippen LogP contribution in [0.2, 0.25) is 0 Å². The molecule has 2 aromatic rings. The molecule has 23 heavy (non-hydrogen) atoms. The molecule has 2 heterocycles. The third kappa shape index (κ3) is 3.10. The van der Waals surface area contributed by atoms with Gasteiger partial charge in [0.05, 0.1) is 4.91 Å². The predicted octanol–water partition coefficient (Wildman–Crippen LogP) is 4.78. The summed E-state index contributed by atoms with van der Waals surface area (Å²) in [6, 6.07) is 13.3. The minimum Gasteiger partial charge on any atom is -0.457 e. The van der Waals surface area contributed by atoms with Crippen molar-refractivity contribution in [2.24, 2.45) is 0 Å². The molecule has 1 fully saturated rings. The number of thioether (sulfide) groups is 1. The molecule has 5 heteroatoms. The van der Waals surface area contributed by atoms with Crippen LogP contribution in [-0.2, 0) is 4.79 Å². The zero-order chi connectivity index (χ0) is 16.4. The Balaban J connectivity index is 1.84. The van der Waals surface area contributed by atoms with Crippen LogP contribution in [0.25, 0.3) is 17.4 Å². The van der Waals surface area contributed by atoms with Crippen LogP contribution >= 0.6 is 11.8 Å². The molecule has 1 aromatic carbocycles. The quantitative estimate of drug-likeness (QED) is 0.758. The highest BCUT2D eigenvalue weighted by Crippen LogP contribution is 2.34. The highest BCUT2D eigenvalue weighted by molar-refractivity contribution is 8.18. The largest absolute Gasteiger partial charge is 0.457 e. The first-order valence-corrected chi connectivity index (χ1v) is 8.34. The summed E-state index contributed by atoms with van der Waals surface area (Å²) in [5.41, 5.74) is 0.972. The van der Waals surface area contributed by atoms with Crippen LogP contribution in [0.1, 0.15) is 26.0 Å².